The third kappa shape index (κ3) is 3.84. The van der Waals surface area contributed by atoms with E-state index in [1.165, 1.54) is 17.4 Å². The maximum absolute atomic E-state index is 13.9. The van der Waals surface area contributed by atoms with E-state index in [4.69, 9.17) is 0 Å². The zero-order valence-corrected chi connectivity index (χ0v) is 14.9. The molecule has 0 spiro atoms. The van der Waals surface area contributed by atoms with Crippen LogP contribution in [-0.2, 0) is 0 Å². The molecule has 5 heteroatoms. The number of amides is 1. The van der Waals surface area contributed by atoms with Gasteiger partial charge in [0.05, 0.1) is 4.88 Å². The summed E-state index contributed by atoms with van der Waals surface area (Å²) in [5.41, 5.74) is 0.548. The van der Waals surface area contributed by atoms with Gasteiger partial charge in [-0.2, -0.15) is 0 Å². The van der Waals surface area contributed by atoms with E-state index < -0.39 is 0 Å². The molecule has 128 valence electrons. The second-order valence-electron chi connectivity index (χ2n) is 6.52. The van der Waals surface area contributed by atoms with Gasteiger partial charge in [0.2, 0.25) is 0 Å². The van der Waals surface area contributed by atoms with E-state index in [0.29, 0.717) is 16.5 Å². The Bertz CT molecular complexity index is 705. The van der Waals surface area contributed by atoms with Crippen molar-refractivity contribution in [1.82, 2.24) is 10.2 Å². The Morgan fingerprint density at radius 3 is 2.58 bits per heavy atom. The van der Waals surface area contributed by atoms with Crippen LogP contribution in [0.1, 0.15) is 36.4 Å². The number of carbonyl (C=O) groups excluding carboxylic acids is 1. The summed E-state index contributed by atoms with van der Waals surface area (Å²) in [4.78, 5) is 16.3. The van der Waals surface area contributed by atoms with Crippen molar-refractivity contribution >= 4 is 17.2 Å². The van der Waals surface area contributed by atoms with Crippen LogP contribution in [0.3, 0.4) is 0 Å². The number of benzene rings is 1. The molecule has 0 atom stereocenters. The lowest BCUT2D eigenvalue weighted by Crippen LogP contribution is -2.46. The number of hydrogen-bond acceptors (Lipinski definition) is 3. The van der Waals surface area contributed by atoms with E-state index in [1.54, 1.807) is 24.3 Å². The molecule has 2 heterocycles. The maximum atomic E-state index is 13.9. The minimum atomic E-state index is -0.257. The Labute approximate surface area is 146 Å². The molecule has 1 amide bonds. The molecule has 1 N–H and O–H groups in total. The van der Waals surface area contributed by atoms with Gasteiger partial charge in [-0.05, 0) is 44.9 Å². The van der Waals surface area contributed by atoms with Crippen LogP contribution in [0, 0.1) is 5.82 Å². The summed E-state index contributed by atoms with van der Waals surface area (Å²) >= 11 is 1.34. The zero-order valence-electron chi connectivity index (χ0n) is 14.1. The van der Waals surface area contributed by atoms with Crippen LogP contribution >= 0.6 is 11.3 Å². The summed E-state index contributed by atoms with van der Waals surface area (Å²) in [6.45, 7) is 6.45. The monoisotopic (exact) mass is 346 g/mol. The first-order valence-electron chi connectivity index (χ1n) is 8.44. The summed E-state index contributed by atoms with van der Waals surface area (Å²) in [7, 11) is 0. The standard InChI is InChI=1S/C19H23FN2OS/c1-13(2)22-11-9-14(10-12-22)21-19(23)18-8-7-17(24-18)15-5-3-4-6-16(15)20/h3-8,13-14H,9-12H2,1-2H3,(H,21,23). The molecule has 1 aromatic carbocycles. The second kappa shape index (κ2) is 7.45. The number of nitrogens with one attached hydrogen (secondary N) is 1. The summed E-state index contributed by atoms with van der Waals surface area (Å²) < 4.78 is 13.9. The van der Waals surface area contributed by atoms with Crippen LogP contribution in [0.4, 0.5) is 4.39 Å². The van der Waals surface area contributed by atoms with E-state index in [9.17, 15) is 9.18 Å². The molecule has 24 heavy (non-hydrogen) atoms. The number of likely N-dealkylation sites (tertiary alicyclic amines) is 1. The van der Waals surface area contributed by atoms with Crippen molar-refractivity contribution < 1.29 is 9.18 Å². The van der Waals surface area contributed by atoms with Crippen molar-refractivity contribution in [3.8, 4) is 10.4 Å². The Kier molecular flexibility index (Phi) is 5.31. The highest BCUT2D eigenvalue weighted by molar-refractivity contribution is 7.17. The van der Waals surface area contributed by atoms with E-state index in [0.717, 1.165) is 30.8 Å². The summed E-state index contributed by atoms with van der Waals surface area (Å²) in [6.07, 6.45) is 1.96. The molecular formula is C19H23FN2OS. The molecular weight excluding hydrogens is 323 g/mol. The van der Waals surface area contributed by atoms with Gasteiger partial charge in [-0.3, -0.25) is 4.79 Å². The van der Waals surface area contributed by atoms with Gasteiger partial charge in [0, 0.05) is 35.6 Å². The van der Waals surface area contributed by atoms with Crippen molar-refractivity contribution in [2.75, 3.05) is 13.1 Å². The molecule has 3 rings (SSSR count). The fraction of sp³-hybridized carbons (Fsp3) is 0.421. The molecule has 3 nitrogen and oxygen atoms in total. The van der Waals surface area contributed by atoms with Gasteiger partial charge in [0.15, 0.2) is 0 Å². The average Bonchev–Trinajstić information content (AvgIpc) is 3.05. The Balaban J connectivity index is 1.62. The lowest BCUT2D eigenvalue weighted by Gasteiger charge is -2.34. The number of rotatable bonds is 4. The maximum Gasteiger partial charge on any atom is 0.261 e. The first-order chi connectivity index (χ1) is 11.5. The van der Waals surface area contributed by atoms with Crippen molar-refractivity contribution in [3.63, 3.8) is 0 Å². The van der Waals surface area contributed by atoms with Gasteiger partial charge in [0.25, 0.3) is 5.91 Å². The van der Waals surface area contributed by atoms with Gasteiger partial charge in [-0.15, -0.1) is 11.3 Å². The third-order valence-electron chi connectivity index (χ3n) is 4.56. The normalized spacial score (nSPS) is 16.5. The number of nitrogens with zero attached hydrogens (tertiary/aromatic N) is 1. The van der Waals surface area contributed by atoms with Crippen LogP contribution in [0.5, 0.6) is 0 Å². The molecule has 0 radical (unpaired) electrons. The van der Waals surface area contributed by atoms with E-state index in [2.05, 4.69) is 24.1 Å². The topological polar surface area (TPSA) is 32.3 Å². The fourth-order valence-electron chi connectivity index (χ4n) is 3.08. The summed E-state index contributed by atoms with van der Waals surface area (Å²) in [5.74, 6) is -0.307. The number of halogens is 1. The smallest absolute Gasteiger partial charge is 0.261 e. The highest BCUT2D eigenvalue weighted by Crippen LogP contribution is 2.30. The fourth-order valence-corrected chi connectivity index (χ4v) is 4.02. The van der Waals surface area contributed by atoms with E-state index >= 15 is 0 Å². The highest BCUT2D eigenvalue weighted by Gasteiger charge is 2.23. The van der Waals surface area contributed by atoms with Crippen LogP contribution in [-0.4, -0.2) is 36.0 Å². The summed E-state index contributed by atoms with van der Waals surface area (Å²) in [6, 6.07) is 11.0. The van der Waals surface area contributed by atoms with Crippen LogP contribution in [0.25, 0.3) is 10.4 Å². The number of thiophene rings is 1. The quantitative estimate of drug-likeness (QED) is 0.902. The summed E-state index contributed by atoms with van der Waals surface area (Å²) in [5, 5.41) is 3.13. The van der Waals surface area contributed by atoms with Crippen LogP contribution in [0.15, 0.2) is 36.4 Å². The van der Waals surface area contributed by atoms with Crippen molar-refractivity contribution in [1.29, 1.82) is 0 Å². The van der Waals surface area contributed by atoms with Gasteiger partial charge in [0.1, 0.15) is 5.82 Å². The number of hydrogen-bond donors (Lipinski definition) is 1. The molecule has 1 aromatic heterocycles. The molecule has 0 saturated carbocycles. The minimum absolute atomic E-state index is 0.0504. The first-order valence-corrected chi connectivity index (χ1v) is 9.26. The Hall–Kier alpha value is -1.72. The van der Waals surface area contributed by atoms with Crippen molar-refractivity contribution in [2.45, 2.75) is 38.8 Å². The Morgan fingerprint density at radius 2 is 1.92 bits per heavy atom. The molecule has 1 aliphatic heterocycles. The molecule has 1 saturated heterocycles. The molecule has 1 aliphatic rings. The number of piperidine rings is 1. The van der Waals surface area contributed by atoms with Gasteiger partial charge in [-0.25, -0.2) is 4.39 Å². The first kappa shape index (κ1) is 17.1. The van der Waals surface area contributed by atoms with Crippen molar-refractivity contribution in [3.05, 3.63) is 47.1 Å². The predicted molar refractivity (Wildman–Crippen MR) is 96.9 cm³/mol. The minimum Gasteiger partial charge on any atom is -0.349 e. The SMILES string of the molecule is CC(C)N1CCC(NC(=O)c2ccc(-c3ccccc3F)s2)CC1. The second-order valence-corrected chi connectivity index (χ2v) is 7.60. The molecule has 0 unspecified atom stereocenters. The van der Waals surface area contributed by atoms with Crippen molar-refractivity contribution in [2.24, 2.45) is 0 Å². The predicted octanol–water partition coefficient (Wildman–Crippen LogP) is 4.16. The van der Waals surface area contributed by atoms with Gasteiger partial charge >= 0.3 is 0 Å². The average molecular weight is 346 g/mol. The number of carbonyl (C=O) groups is 1. The molecule has 0 aliphatic carbocycles. The lowest BCUT2D eigenvalue weighted by atomic mass is 10.0. The molecule has 2 aromatic rings. The lowest BCUT2D eigenvalue weighted by molar-refractivity contribution is 0.0904. The highest BCUT2D eigenvalue weighted by atomic mass is 32.1. The van der Waals surface area contributed by atoms with Gasteiger partial charge < -0.3 is 10.2 Å². The van der Waals surface area contributed by atoms with Gasteiger partial charge in [-0.1, -0.05) is 18.2 Å². The molecule has 1 fully saturated rings. The van der Waals surface area contributed by atoms with Crippen LogP contribution < -0.4 is 5.32 Å². The molecule has 0 bridgehead atoms. The van der Waals surface area contributed by atoms with Crippen LogP contribution in [0.2, 0.25) is 0 Å². The van der Waals surface area contributed by atoms with E-state index in [-0.39, 0.29) is 17.8 Å². The Morgan fingerprint density at radius 1 is 1.21 bits per heavy atom. The third-order valence-corrected chi connectivity index (χ3v) is 5.68. The largest absolute Gasteiger partial charge is 0.349 e. The van der Waals surface area contributed by atoms with E-state index in [1.807, 2.05) is 6.07 Å². The zero-order chi connectivity index (χ0) is 17.1.